The molecule has 0 fully saturated rings. The van der Waals surface area contributed by atoms with E-state index in [-0.39, 0.29) is 11.7 Å². The van der Waals surface area contributed by atoms with Gasteiger partial charge in [-0.1, -0.05) is 35.0 Å². The summed E-state index contributed by atoms with van der Waals surface area (Å²) in [6, 6.07) is 12.1. The maximum absolute atomic E-state index is 12.0. The highest BCUT2D eigenvalue weighted by Crippen LogP contribution is 2.26. The van der Waals surface area contributed by atoms with E-state index < -0.39 is 0 Å². The summed E-state index contributed by atoms with van der Waals surface area (Å²) in [5.74, 6) is 0.976. The van der Waals surface area contributed by atoms with Gasteiger partial charge >= 0.3 is 0 Å². The van der Waals surface area contributed by atoms with Gasteiger partial charge in [0, 0.05) is 21.3 Å². The maximum Gasteiger partial charge on any atom is 0.277 e. The molecule has 0 radical (unpaired) electrons. The van der Waals surface area contributed by atoms with Crippen molar-refractivity contribution in [2.24, 2.45) is 0 Å². The number of hydrogen-bond acceptors (Lipinski definition) is 6. The highest BCUT2D eigenvalue weighted by molar-refractivity contribution is 7.99. The Bertz CT molecular complexity index is 896. The Morgan fingerprint density at radius 1 is 1.15 bits per heavy atom. The van der Waals surface area contributed by atoms with Crippen LogP contribution in [0.4, 0.5) is 5.69 Å². The smallest absolute Gasteiger partial charge is 0.277 e. The molecule has 0 bridgehead atoms. The number of methoxy groups -OCH3 is 1. The van der Waals surface area contributed by atoms with E-state index in [0.717, 1.165) is 23.1 Å². The molecule has 0 saturated carbocycles. The quantitative estimate of drug-likeness (QED) is 0.590. The minimum absolute atomic E-state index is 0.106. The van der Waals surface area contributed by atoms with Crippen LogP contribution in [0.5, 0.6) is 5.75 Å². The van der Waals surface area contributed by atoms with Gasteiger partial charge in [-0.2, -0.15) is 0 Å². The first kappa shape index (κ1) is 18.6. The molecule has 0 unspecified atom stereocenters. The Hall–Kier alpha value is -2.22. The summed E-state index contributed by atoms with van der Waals surface area (Å²) in [4.78, 5) is 12.0. The second-order valence-electron chi connectivity index (χ2n) is 5.10. The molecule has 26 heavy (non-hydrogen) atoms. The Morgan fingerprint density at radius 3 is 2.50 bits per heavy atom. The van der Waals surface area contributed by atoms with Crippen molar-refractivity contribution in [3.8, 4) is 17.2 Å². The Balaban J connectivity index is 1.57. The van der Waals surface area contributed by atoms with Gasteiger partial charge in [-0.05, 0) is 42.5 Å². The SMILES string of the molecule is COc1ccc(-c2nnc(SCC(=O)Nc3cc(Cl)cc(Cl)c3)o2)cc1. The molecule has 1 amide bonds. The number of amides is 1. The molecule has 9 heteroatoms. The van der Waals surface area contributed by atoms with Crippen molar-refractivity contribution >= 4 is 46.6 Å². The van der Waals surface area contributed by atoms with Crippen LogP contribution in [0.1, 0.15) is 0 Å². The Kier molecular flexibility index (Phi) is 6.03. The summed E-state index contributed by atoms with van der Waals surface area (Å²) in [5, 5.41) is 11.8. The second-order valence-corrected chi connectivity index (χ2v) is 6.90. The third-order valence-corrected chi connectivity index (χ3v) is 4.47. The number of hydrogen-bond donors (Lipinski definition) is 1. The van der Waals surface area contributed by atoms with Crippen LogP contribution in [-0.2, 0) is 4.79 Å². The van der Waals surface area contributed by atoms with Crippen molar-refractivity contribution in [3.05, 3.63) is 52.5 Å². The minimum atomic E-state index is -0.238. The van der Waals surface area contributed by atoms with Crippen LogP contribution >= 0.6 is 35.0 Å². The molecule has 0 aliphatic carbocycles. The van der Waals surface area contributed by atoms with Crippen molar-refractivity contribution < 1.29 is 13.9 Å². The van der Waals surface area contributed by atoms with Crippen LogP contribution in [0.2, 0.25) is 10.0 Å². The lowest BCUT2D eigenvalue weighted by molar-refractivity contribution is -0.113. The van der Waals surface area contributed by atoms with Crippen molar-refractivity contribution in [2.75, 3.05) is 18.2 Å². The summed E-state index contributed by atoms with van der Waals surface area (Å²) in [7, 11) is 1.60. The third kappa shape index (κ3) is 4.91. The number of benzene rings is 2. The average molecular weight is 410 g/mol. The van der Waals surface area contributed by atoms with Crippen LogP contribution in [0.25, 0.3) is 11.5 Å². The molecule has 6 nitrogen and oxygen atoms in total. The first-order valence-electron chi connectivity index (χ1n) is 7.40. The average Bonchev–Trinajstić information content (AvgIpc) is 3.08. The van der Waals surface area contributed by atoms with Gasteiger partial charge in [-0.15, -0.1) is 10.2 Å². The maximum atomic E-state index is 12.0. The zero-order valence-electron chi connectivity index (χ0n) is 13.5. The van der Waals surface area contributed by atoms with E-state index >= 15 is 0 Å². The van der Waals surface area contributed by atoms with Gasteiger partial charge in [-0.3, -0.25) is 4.79 Å². The predicted octanol–water partition coefficient (Wildman–Crippen LogP) is 4.78. The highest BCUT2D eigenvalue weighted by atomic mass is 35.5. The molecule has 1 heterocycles. The van der Waals surface area contributed by atoms with Gasteiger partial charge in [0.05, 0.1) is 12.9 Å². The summed E-state index contributed by atoms with van der Waals surface area (Å²) in [6.45, 7) is 0. The number of aromatic nitrogens is 2. The van der Waals surface area contributed by atoms with Crippen molar-refractivity contribution in [2.45, 2.75) is 5.22 Å². The molecule has 0 spiro atoms. The zero-order chi connectivity index (χ0) is 18.5. The van der Waals surface area contributed by atoms with Crippen LogP contribution in [0.3, 0.4) is 0 Å². The molecular weight excluding hydrogens is 397 g/mol. The number of carbonyl (C=O) groups excluding carboxylic acids is 1. The molecule has 3 rings (SSSR count). The lowest BCUT2D eigenvalue weighted by Gasteiger charge is -2.05. The van der Waals surface area contributed by atoms with Gasteiger partial charge in [0.1, 0.15) is 5.75 Å². The Morgan fingerprint density at radius 2 is 1.85 bits per heavy atom. The molecule has 1 N–H and O–H groups in total. The minimum Gasteiger partial charge on any atom is -0.497 e. The standard InChI is InChI=1S/C17H13Cl2N3O3S/c1-24-14-4-2-10(3-5-14)16-21-22-17(25-16)26-9-15(23)20-13-7-11(18)6-12(19)8-13/h2-8H,9H2,1H3,(H,20,23). The number of carbonyl (C=O) groups is 1. The van der Waals surface area contributed by atoms with E-state index in [1.807, 2.05) is 12.1 Å². The topological polar surface area (TPSA) is 77.2 Å². The molecule has 2 aromatic carbocycles. The largest absolute Gasteiger partial charge is 0.497 e. The molecule has 1 aromatic heterocycles. The number of thioether (sulfide) groups is 1. The van der Waals surface area contributed by atoms with Gasteiger partial charge in [0.15, 0.2) is 0 Å². The number of anilines is 1. The zero-order valence-corrected chi connectivity index (χ0v) is 15.9. The molecule has 0 aliphatic rings. The van der Waals surface area contributed by atoms with E-state index in [1.165, 1.54) is 0 Å². The van der Waals surface area contributed by atoms with Crippen LogP contribution in [0.15, 0.2) is 52.1 Å². The number of nitrogens with one attached hydrogen (secondary N) is 1. The van der Waals surface area contributed by atoms with Crippen LogP contribution in [-0.4, -0.2) is 29.0 Å². The molecule has 134 valence electrons. The monoisotopic (exact) mass is 409 g/mol. The fraction of sp³-hybridized carbons (Fsp3) is 0.118. The molecule has 0 saturated heterocycles. The van der Waals surface area contributed by atoms with E-state index in [9.17, 15) is 4.79 Å². The lowest BCUT2D eigenvalue weighted by Crippen LogP contribution is -2.13. The van der Waals surface area contributed by atoms with Gasteiger partial charge in [0.2, 0.25) is 11.8 Å². The summed E-state index contributed by atoms with van der Waals surface area (Å²) < 4.78 is 10.7. The van der Waals surface area contributed by atoms with Crippen molar-refractivity contribution in [3.63, 3.8) is 0 Å². The molecular formula is C17H13Cl2N3O3S. The summed E-state index contributed by atoms with van der Waals surface area (Å²) in [5.41, 5.74) is 1.29. The van der Waals surface area contributed by atoms with E-state index in [1.54, 1.807) is 37.4 Å². The molecule has 0 aliphatic heterocycles. The number of ether oxygens (including phenoxy) is 1. The predicted molar refractivity (Wildman–Crippen MR) is 102 cm³/mol. The molecule has 0 atom stereocenters. The second kappa shape index (κ2) is 8.44. The normalized spacial score (nSPS) is 10.6. The van der Waals surface area contributed by atoms with Crippen LogP contribution < -0.4 is 10.1 Å². The third-order valence-electron chi connectivity index (χ3n) is 3.22. The molecule has 3 aromatic rings. The van der Waals surface area contributed by atoms with Gasteiger partial charge in [-0.25, -0.2) is 0 Å². The number of rotatable bonds is 6. The number of halogens is 2. The summed E-state index contributed by atoms with van der Waals surface area (Å²) in [6.07, 6.45) is 0. The fourth-order valence-electron chi connectivity index (χ4n) is 2.07. The van der Waals surface area contributed by atoms with Gasteiger partial charge in [0.25, 0.3) is 5.22 Å². The van der Waals surface area contributed by atoms with E-state index in [2.05, 4.69) is 15.5 Å². The highest BCUT2D eigenvalue weighted by Gasteiger charge is 2.12. The van der Waals surface area contributed by atoms with E-state index in [0.29, 0.717) is 26.8 Å². The fourth-order valence-corrected chi connectivity index (χ4v) is 3.16. The van der Waals surface area contributed by atoms with Crippen LogP contribution in [0, 0.1) is 0 Å². The lowest BCUT2D eigenvalue weighted by atomic mass is 10.2. The number of nitrogens with zero attached hydrogens (tertiary/aromatic N) is 2. The Labute approximate surface area is 163 Å². The van der Waals surface area contributed by atoms with Gasteiger partial charge < -0.3 is 14.5 Å². The first-order valence-corrected chi connectivity index (χ1v) is 9.14. The van der Waals surface area contributed by atoms with E-state index in [4.69, 9.17) is 32.4 Å². The van der Waals surface area contributed by atoms with Crippen molar-refractivity contribution in [1.29, 1.82) is 0 Å². The first-order chi connectivity index (χ1) is 12.5. The van der Waals surface area contributed by atoms with Crippen molar-refractivity contribution in [1.82, 2.24) is 10.2 Å². The summed E-state index contributed by atoms with van der Waals surface area (Å²) >= 11 is 12.9.